The second-order valence-corrected chi connectivity index (χ2v) is 4.42. The molecule has 0 radical (unpaired) electrons. The Hall–Kier alpha value is -2.47. The number of pyridine rings is 1. The van der Waals surface area contributed by atoms with Crippen molar-refractivity contribution in [1.29, 1.82) is 5.41 Å². The van der Waals surface area contributed by atoms with Gasteiger partial charge in [-0.3, -0.25) is 5.41 Å². The molecule has 0 aliphatic heterocycles. The fourth-order valence-electron chi connectivity index (χ4n) is 2.08. The van der Waals surface area contributed by atoms with Gasteiger partial charge in [0.2, 0.25) is 0 Å². The van der Waals surface area contributed by atoms with E-state index in [-0.39, 0.29) is 24.1 Å². The predicted octanol–water partition coefficient (Wildman–Crippen LogP) is 2.32. The molecule has 0 amide bonds. The van der Waals surface area contributed by atoms with Gasteiger partial charge in [0.15, 0.2) is 5.65 Å². The Morgan fingerprint density at radius 1 is 1.24 bits per heavy atom. The van der Waals surface area contributed by atoms with Crippen LogP contribution < -0.4 is 5.73 Å². The van der Waals surface area contributed by atoms with Gasteiger partial charge in [0.25, 0.3) is 0 Å². The zero-order chi connectivity index (χ0) is 14.1. The van der Waals surface area contributed by atoms with E-state index in [1.807, 2.05) is 6.07 Å². The largest absolute Gasteiger partial charge is 0.382 e. The molecule has 0 fully saturated rings. The Bertz CT molecular complexity index is 782. The zero-order valence-electron chi connectivity index (χ0n) is 11.0. The van der Waals surface area contributed by atoms with Crippen LogP contribution in [0, 0.1) is 11.2 Å². The number of aromatic nitrogens is 3. The van der Waals surface area contributed by atoms with Crippen molar-refractivity contribution in [2.45, 2.75) is 6.54 Å². The molecule has 0 saturated carbocycles. The quantitative estimate of drug-likeness (QED) is 0.575. The third-order valence-corrected chi connectivity index (χ3v) is 3.01. The van der Waals surface area contributed by atoms with E-state index >= 15 is 0 Å². The molecular weight excluding hydrogens is 293 g/mol. The maximum Gasteiger partial charge on any atom is 0.158 e. The average Bonchev–Trinajstić information content (AvgIpc) is 2.81. The van der Waals surface area contributed by atoms with Gasteiger partial charge in [-0.2, -0.15) is 5.10 Å². The molecule has 21 heavy (non-hydrogen) atoms. The standard InChI is InChI=1S/C14H12FN5.ClH/c15-10-5-3-9(4-6-10)8-20-14-11(2-1-7-18-14)12(19-20)13(16)17;/h1-7H,8H2,(H3,16,17);1H. The van der Waals surface area contributed by atoms with Crippen LogP contribution in [0.3, 0.4) is 0 Å². The Morgan fingerprint density at radius 3 is 2.62 bits per heavy atom. The summed E-state index contributed by atoms with van der Waals surface area (Å²) in [5, 5.41) is 12.6. The molecule has 7 heteroatoms. The fourth-order valence-corrected chi connectivity index (χ4v) is 2.08. The van der Waals surface area contributed by atoms with Crippen LogP contribution in [0.15, 0.2) is 42.6 Å². The number of benzene rings is 1. The van der Waals surface area contributed by atoms with Crippen LogP contribution in [-0.2, 0) is 6.54 Å². The van der Waals surface area contributed by atoms with Crippen LogP contribution in [0.25, 0.3) is 11.0 Å². The smallest absolute Gasteiger partial charge is 0.158 e. The minimum absolute atomic E-state index is 0. The van der Waals surface area contributed by atoms with Crippen molar-refractivity contribution in [3.05, 3.63) is 59.7 Å². The van der Waals surface area contributed by atoms with Gasteiger partial charge in [-0.05, 0) is 29.8 Å². The summed E-state index contributed by atoms with van der Waals surface area (Å²) in [5.41, 5.74) is 7.50. The van der Waals surface area contributed by atoms with Crippen LogP contribution in [0.5, 0.6) is 0 Å². The van der Waals surface area contributed by atoms with E-state index in [0.29, 0.717) is 17.9 Å². The number of amidine groups is 1. The van der Waals surface area contributed by atoms with Crippen LogP contribution in [-0.4, -0.2) is 20.6 Å². The molecule has 5 nitrogen and oxygen atoms in total. The molecule has 1 aromatic carbocycles. The van der Waals surface area contributed by atoms with Gasteiger partial charge in [0, 0.05) is 6.20 Å². The first-order valence-corrected chi connectivity index (χ1v) is 6.05. The molecule has 0 spiro atoms. The van der Waals surface area contributed by atoms with Gasteiger partial charge in [-0.1, -0.05) is 12.1 Å². The Balaban J connectivity index is 0.00000161. The van der Waals surface area contributed by atoms with Crippen molar-refractivity contribution in [2.24, 2.45) is 5.73 Å². The summed E-state index contributed by atoms with van der Waals surface area (Å²) in [6.07, 6.45) is 1.66. The normalized spacial score (nSPS) is 10.3. The Kier molecular flexibility index (Phi) is 4.18. The number of nitrogens with zero attached hydrogens (tertiary/aromatic N) is 3. The summed E-state index contributed by atoms with van der Waals surface area (Å²) in [4.78, 5) is 4.27. The van der Waals surface area contributed by atoms with Crippen molar-refractivity contribution in [3.63, 3.8) is 0 Å². The Labute approximate surface area is 126 Å². The number of nitrogens with one attached hydrogen (secondary N) is 1. The maximum atomic E-state index is 12.9. The van der Waals surface area contributed by atoms with Gasteiger partial charge in [0.1, 0.15) is 17.3 Å². The summed E-state index contributed by atoms with van der Waals surface area (Å²) in [6.45, 7) is 0.446. The van der Waals surface area contributed by atoms with E-state index in [2.05, 4.69) is 10.1 Å². The summed E-state index contributed by atoms with van der Waals surface area (Å²) < 4.78 is 14.6. The molecule has 0 aliphatic rings. The first kappa shape index (κ1) is 14.9. The highest BCUT2D eigenvalue weighted by molar-refractivity contribution is 6.04. The van der Waals surface area contributed by atoms with Crippen molar-refractivity contribution in [3.8, 4) is 0 Å². The average molecular weight is 306 g/mol. The van der Waals surface area contributed by atoms with Gasteiger partial charge in [-0.25, -0.2) is 14.1 Å². The maximum absolute atomic E-state index is 12.9. The molecule has 2 heterocycles. The SMILES string of the molecule is Cl.N=C(N)c1nn(Cc2ccc(F)cc2)c2ncccc12. The van der Waals surface area contributed by atoms with E-state index in [1.165, 1.54) is 12.1 Å². The van der Waals surface area contributed by atoms with Gasteiger partial charge in [0.05, 0.1) is 11.9 Å². The zero-order valence-corrected chi connectivity index (χ0v) is 11.8. The Morgan fingerprint density at radius 2 is 1.95 bits per heavy atom. The highest BCUT2D eigenvalue weighted by Gasteiger charge is 2.13. The summed E-state index contributed by atoms with van der Waals surface area (Å²) >= 11 is 0. The summed E-state index contributed by atoms with van der Waals surface area (Å²) in [7, 11) is 0. The minimum Gasteiger partial charge on any atom is -0.382 e. The first-order valence-electron chi connectivity index (χ1n) is 6.05. The topological polar surface area (TPSA) is 80.6 Å². The highest BCUT2D eigenvalue weighted by atomic mass is 35.5. The number of nitrogen functional groups attached to an aromatic ring is 1. The number of nitrogens with two attached hydrogens (primary N) is 1. The fraction of sp³-hybridized carbons (Fsp3) is 0.0714. The number of fused-ring (bicyclic) bond motifs is 1. The molecule has 2 aromatic heterocycles. The number of hydrogen-bond donors (Lipinski definition) is 2. The molecule has 3 rings (SSSR count). The van der Waals surface area contributed by atoms with Crippen LogP contribution in [0.4, 0.5) is 4.39 Å². The second kappa shape index (κ2) is 5.88. The summed E-state index contributed by atoms with van der Waals surface area (Å²) in [6, 6.07) is 9.80. The minimum atomic E-state index is -0.276. The van der Waals surface area contributed by atoms with E-state index in [0.717, 1.165) is 10.9 Å². The molecule has 3 N–H and O–H groups in total. The second-order valence-electron chi connectivity index (χ2n) is 4.42. The third kappa shape index (κ3) is 2.85. The third-order valence-electron chi connectivity index (χ3n) is 3.01. The molecule has 0 bridgehead atoms. The van der Waals surface area contributed by atoms with Gasteiger partial charge >= 0.3 is 0 Å². The molecule has 0 atom stereocenters. The lowest BCUT2D eigenvalue weighted by molar-refractivity contribution is 0.625. The molecule has 3 aromatic rings. The molecule has 0 saturated heterocycles. The molecule has 0 aliphatic carbocycles. The van der Waals surface area contributed by atoms with E-state index in [1.54, 1.807) is 29.1 Å². The molecule has 0 unspecified atom stereocenters. The van der Waals surface area contributed by atoms with Crippen LogP contribution >= 0.6 is 12.4 Å². The lowest BCUT2D eigenvalue weighted by Gasteiger charge is -2.02. The first-order chi connectivity index (χ1) is 9.65. The highest BCUT2D eigenvalue weighted by Crippen LogP contribution is 2.17. The lowest BCUT2D eigenvalue weighted by Crippen LogP contribution is -2.13. The number of hydrogen-bond acceptors (Lipinski definition) is 3. The van der Waals surface area contributed by atoms with Crippen molar-refractivity contribution in [2.75, 3.05) is 0 Å². The lowest BCUT2D eigenvalue weighted by atomic mass is 10.2. The monoisotopic (exact) mass is 305 g/mol. The predicted molar refractivity (Wildman–Crippen MR) is 81.3 cm³/mol. The van der Waals surface area contributed by atoms with Crippen molar-refractivity contribution < 1.29 is 4.39 Å². The van der Waals surface area contributed by atoms with E-state index in [9.17, 15) is 4.39 Å². The molecular formula is C14H13ClFN5. The van der Waals surface area contributed by atoms with Gasteiger partial charge < -0.3 is 5.73 Å². The van der Waals surface area contributed by atoms with Gasteiger partial charge in [-0.15, -0.1) is 12.4 Å². The van der Waals surface area contributed by atoms with Crippen molar-refractivity contribution in [1.82, 2.24) is 14.8 Å². The van der Waals surface area contributed by atoms with Crippen LogP contribution in [0.2, 0.25) is 0 Å². The number of halogens is 2. The summed E-state index contributed by atoms with van der Waals surface area (Å²) in [5.74, 6) is -0.373. The number of rotatable bonds is 3. The molecule has 108 valence electrons. The van der Waals surface area contributed by atoms with E-state index in [4.69, 9.17) is 11.1 Å². The van der Waals surface area contributed by atoms with Crippen molar-refractivity contribution >= 4 is 29.3 Å². The van der Waals surface area contributed by atoms with E-state index < -0.39 is 0 Å². The van der Waals surface area contributed by atoms with Crippen LogP contribution in [0.1, 0.15) is 11.3 Å².